The first-order valence-electron chi connectivity index (χ1n) is 11.8. The van der Waals surface area contributed by atoms with E-state index < -0.39 is 42.5 Å². The summed E-state index contributed by atoms with van der Waals surface area (Å²) in [5, 5.41) is 11.7. The van der Waals surface area contributed by atoms with Crippen LogP contribution in [0.5, 0.6) is 5.75 Å². The number of amides is 3. The van der Waals surface area contributed by atoms with Crippen molar-refractivity contribution in [3.05, 3.63) is 65.5 Å². The molecule has 36 heavy (non-hydrogen) atoms. The highest BCUT2D eigenvalue weighted by atomic mass is 19.1. The van der Waals surface area contributed by atoms with Crippen molar-refractivity contribution in [3.63, 3.8) is 0 Å². The van der Waals surface area contributed by atoms with E-state index in [9.17, 15) is 23.2 Å². The summed E-state index contributed by atoms with van der Waals surface area (Å²) < 4.78 is 34.0. The number of benzene rings is 2. The Morgan fingerprint density at radius 3 is 2.33 bits per heavy atom. The van der Waals surface area contributed by atoms with E-state index in [4.69, 9.17) is 9.84 Å². The molecule has 1 aliphatic rings. The van der Waals surface area contributed by atoms with Gasteiger partial charge in [-0.1, -0.05) is 38.1 Å². The minimum absolute atomic E-state index is 0.0282. The Hall–Kier alpha value is -3.69. The minimum atomic E-state index is -1.68. The molecule has 10 heteroatoms. The van der Waals surface area contributed by atoms with Crippen LogP contribution in [0.2, 0.25) is 0 Å². The number of piperidine rings is 1. The molecule has 2 N–H and O–H groups in total. The summed E-state index contributed by atoms with van der Waals surface area (Å²) in [5.74, 6) is -1.24. The first kappa shape index (κ1) is 26.9. The van der Waals surface area contributed by atoms with Gasteiger partial charge in [0.15, 0.2) is 0 Å². The van der Waals surface area contributed by atoms with Crippen LogP contribution in [0.4, 0.5) is 13.6 Å². The molecule has 0 spiro atoms. The number of carboxylic acid groups (broad SMARTS) is 1. The standard InChI is InChI=1S/C26H31F2N3O5/c1-17(2)16-36-21-9-5-18(6-10-21)13-29-24(32)25(33)31(14-19-3-7-20(27)8-4-19)23-11-12-30(26(34)35)15-22(23)28/h3-10,17,22-23H,11-16H2,1-2H3,(H,29,32)(H,34,35)/t22-,23+/m0/s1. The molecule has 1 heterocycles. The summed E-state index contributed by atoms with van der Waals surface area (Å²) >= 11 is 0. The number of halogens is 2. The number of likely N-dealkylation sites (tertiary alicyclic amines) is 1. The second kappa shape index (κ2) is 12.3. The molecule has 8 nitrogen and oxygen atoms in total. The number of alkyl halides is 1. The van der Waals surface area contributed by atoms with E-state index in [1.54, 1.807) is 24.3 Å². The van der Waals surface area contributed by atoms with Crippen LogP contribution in [0.25, 0.3) is 0 Å². The Bertz CT molecular complexity index is 1050. The molecule has 0 radical (unpaired) electrons. The molecule has 2 aromatic rings. The number of rotatable bonds is 8. The average molecular weight is 504 g/mol. The zero-order chi connectivity index (χ0) is 26.2. The maximum absolute atomic E-state index is 15.0. The van der Waals surface area contributed by atoms with Gasteiger partial charge in [0.2, 0.25) is 0 Å². The van der Waals surface area contributed by atoms with Crippen molar-refractivity contribution in [1.29, 1.82) is 0 Å². The van der Waals surface area contributed by atoms with Crippen LogP contribution >= 0.6 is 0 Å². The fraction of sp³-hybridized carbons (Fsp3) is 0.423. The van der Waals surface area contributed by atoms with Crippen LogP contribution in [-0.4, -0.2) is 64.7 Å². The Morgan fingerprint density at radius 2 is 1.75 bits per heavy atom. The van der Waals surface area contributed by atoms with Gasteiger partial charge in [0.1, 0.15) is 17.7 Å². The molecular formula is C26H31F2N3O5. The van der Waals surface area contributed by atoms with Crippen LogP contribution in [-0.2, 0) is 22.7 Å². The largest absolute Gasteiger partial charge is 0.493 e. The van der Waals surface area contributed by atoms with Crippen molar-refractivity contribution in [2.45, 2.75) is 45.6 Å². The van der Waals surface area contributed by atoms with Gasteiger partial charge in [0.25, 0.3) is 0 Å². The van der Waals surface area contributed by atoms with Gasteiger partial charge in [-0.3, -0.25) is 9.59 Å². The molecule has 3 amide bonds. The number of hydrogen-bond donors (Lipinski definition) is 2. The quantitative estimate of drug-likeness (QED) is 0.537. The summed E-state index contributed by atoms with van der Waals surface area (Å²) in [6.07, 6.45) is -2.89. The van der Waals surface area contributed by atoms with Crippen molar-refractivity contribution in [1.82, 2.24) is 15.1 Å². The van der Waals surface area contributed by atoms with Crippen LogP contribution < -0.4 is 10.1 Å². The highest BCUT2D eigenvalue weighted by molar-refractivity contribution is 6.35. The first-order valence-corrected chi connectivity index (χ1v) is 11.8. The highest BCUT2D eigenvalue weighted by Crippen LogP contribution is 2.23. The fourth-order valence-electron chi connectivity index (χ4n) is 3.90. The molecule has 1 aliphatic heterocycles. The van der Waals surface area contributed by atoms with Gasteiger partial charge < -0.3 is 25.0 Å². The molecule has 0 aliphatic carbocycles. The van der Waals surface area contributed by atoms with Gasteiger partial charge in [0, 0.05) is 19.6 Å². The predicted octanol–water partition coefficient (Wildman–Crippen LogP) is 3.60. The van der Waals surface area contributed by atoms with Crippen LogP contribution in [0.15, 0.2) is 48.5 Å². The zero-order valence-corrected chi connectivity index (χ0v) is 20.3. The summed E-state index contributed by atoms with van der Waals surface area (Å²) in [7, 11) is 0. The lowest BCUT2D eigenvalue weighted by Crippen LogP contribution is -2.57. The Balaban J connectivity index is 1.68. The molecule has 0 saturated carbocycles. The van der Waals surface area contributed by atoms with Gasteiger partial charge in [0.05, 0.1) is 19.2 Å². The predicted molar refractivity (Wildman–Crippen MR) is 128 cm³/mol. The Labute approximate surface area is 208 Å². The van der Waals surface area contributed by atoms with Gasteiger partial charge in [-0.05, 0) is 47.7 Å². The molecule has 1 fully saturated rings. The molecule has 194 valence electrons. The normalized spacial score (nSPS) is 17.5. The third-order valence-corrected chi connectivity index (χ3v) is 5.86. The monoisotopic (exact) mass is 503 g/mol. The molecule has 0 aromatic heterocycles. The molecule has 0 unspecified atom stereocenters. The van der Waals surface area contributed by atoms with Crippen LogP contribution in [0, 0.1) is 11.7 Å². The Kier molecular flexibility index (Phi) is 9.21. The van der Waals surface area contributed by atoms with Crippen LogP contribution in [0.1, 0.15) is 31.4 Å². The molecule has 0 bridgehead atoms. The van der Waals surface area contributed by atoms with Gasteiger partial charge in [-0.2, -0.15) is 0 Å². The molecule has 2 aromatic carbocycles. The number of nitrogens with one attached hydrogen (secondary N) is 1. The molecule has 2 atom stereocenters. The molecular weight excluding hydrogens is 472 g/mol. The number of hydrogen-bond acceptors (Lipinski definition) is 4. The number of carbonyl (C=O) groups excluding carboxylic acids is 2. The van der Waals surface area contributed by atoms with Crippen molar-refractivity contribution < 1.29 is 33.0 Å². The average Bonchev–Trinajstić information content (AvgIpc) is 2.86. The topological polar surface area (TPSA) is 99.2 Å². The number of carbonyl (C=O) groups is 3. The van der Waals surface area contributed by atoms with Gasteiger partial charge >= 0.3 is 17.9 Å². The van der Waals surface area contributed by atoms with Crippen molar-refractivity contribution >= 4 is 17.9 Å². The second-order valence-corrected chi connectivity index (χ2v) is 9.19. The van der Waals surface area contributed by atoms with E-state index in [2.05, 4.69) is 5.32 Å². The lowest BCUT2D eigenvalue weighted by Gasteiger charge is -2.39. The van der Waals surface area contributed by atoms with Crippen molar-refractivity contribution in [2.24, 2.45) is 5.92 Å². The number of ether oxygens (including phenoxy) is 1. The maximum Gasteiger partial charge on any atom is 0.407 e. The van der Waals surface area contributed by atoms with E-state index in [-0.39, 0.29) is 26.1 Å². The fourth-order valence-corrected chi connectivity index (χ4v) is 3.90. The first-order chi connectivity index (χ1) is 17.1. The summed E-state index contributed by atoms with van der Waals surface area (Å²) in [4.78, 5) is 39.1. The lowest BCUT2D eigenvalue weighted by molar-refractivity contribution is -0.150. The Morgan fingerprint density at radius 1 is 1.11 bits per heavy atom. The zero-order valence-electron chi connectivity index (χ0n) is 20.3. The SMILES string of the molecule is CC(C)COc1ccc(CNC(=O)C(=O)N(Cc2ccc(F)cc2)[C@@H]2CCN(C(=O)O)C[C@@H]2F)cc1. The highest BCUT2D eigenvalue weighted by Gasteiger charge is 2.39. The summed E-state index contributed by atoms with van der Waals surface area (Å²) in [6.45, 7) is 4.25. The van der Waals surface area contributed by atoms with E-state index >= 15 is 0 Å². The van der Waals surface area contributed by atoms with Gasteiger partial charge in [-0.25, -0.2) is 13.6 Å². The van der Waals surface area contributed by atoms with Crippen molar-refractivity contribution in [3.8, 4) is 5.75 Å². The van der Waals surface area contributed by atoms with E-state index in [1.807, 2.05) is 13.8 Å². The van der Waals surface area contributed by atoms with Crippen LogP contribution in [0.3, 0.4) is 0 Å². The van der Waals surface area contributed by atoms with E-state index in [0.717, 1.165) is 15.4 Å². The third kappa shape index (κ3) is 7.40. The lowest BCUT2D eigenvalue weighted by atomic mass is 10.00. The van der Waals surface area contributed by atoms with E-state index in [1.165, 1.54) is 24.3 Å². The molecule has 3 rings (SSSR count). The maximum atomic E-state index is 15.0. The third-order valence-electron chi connectivity index (χ3n) is 5.86. The second-order valence-electron chi connectivity index (χ2n) is 9.19. The van der Waals surface area contributed by atoms with Gasteiger partial charge in [-0.15, -0.1) is 0 Å². The summed E-state index contributed by atoms with van der Waals surface area (Å²) in [5.41, 5.74) is 1.26. The smallest absolute Gasteiger partial charge is 0.407 e. The minimum Gasteiger partial charge on any atom is -0.493 e. The number of nitrogens with zero attached hydrogens (tertiary/aromatic N) is 2. The summed E-state index contributed by atoms with van der Waals surface area (Å²) in [6, 6.07) is 11.4. The van der Waals surface area contributed by atoms with E-state index in [0.29, 0.717) is 23.8 Å². The van der Waals surface area contributed by atoms with Crippen molar-refractivity contribution in [2.75, 3.05) is 19.7 Å². The molecule has 1 saturated heterocycles.